The molecule has 3 N–H and O–H groups in total. The molecule has 2 aliphatic rings. The number of nitrogens with one attached hydrogen (secondary N) is 1. The van der Waals surface area contributed by atoms with Crippen LogP contribution < -0.4 is 11.1 Å². The van der Waals surface area contributed by atoms with Crippen LogP contribution in [0, 0.1) is 16.0 Å². The molecule has 3 rings (SSSR count). The summed E-state index contributed by atoms with van der Waals surface area (Å²) in [6, 6.07) is 1.69. The van der Waals surface area contributed by atoms with E-state index in [2.05, 4.69) is 5.32 Å². The van der Waals surface area contributed by atoms with E-state index >= 15 is 0 Å². The lowest BCUT2D eigenvalue weighted by atomic mass is 10.0. The molecule has 0 saturated heterocycles. The molecule has 2 atom stereocenters. The fourth-order valence-electron chi connectivity index (χ4n) is 3.15. The predicted octanol–water partition coefficient (Wildman–Crippen LogP) is 1.59. The zero-order valence-electron chi connectivity index (χ0n) is 11.8. The Balaban J connectivity index is 1.79. The number of aromatic nitrogens is 1. The van der Waals surface area contributed by atoms with Gasteiger partial charge in [0.15, 0.2) is 0 Å². The van der Waals surface area contributed by atoms with E-state index in [0.717, 1.165) is 32.1 Å². The second-order valence-corrected chi connectivity index (χ2v) is 5.99. The lowest BCUT2D eigenvalue weighted by Gasteiger charge is -2.19. The van der Waals surface area contributed by atoms with Crippen LogP contribution in [0.5, 0.6) is 0 Å². The van der Waals surface area contributed by atoms with Crippen LogP contribution in [0.15, 0.2) is 12.3 Å². The molecule has 0 spiro atoms. The molecule has 2 fully saturated rings. The van der Waals surface area contributed by atoms with E-state index in [4.69, 9.17) is 5.73 Å². The minimum Gasteiger partial charge on any atom is -0.348 e. The summed E-state index contributed by atoms with van der Waals surface area (Å²) in [5, 5.41) is 13.9. The number of hydrogen-bond donors (Lipinski definition) is 2. The average Bonchev–Trinajstić information content (AvgIpc) is 3.03. The number of nitro groups is 1. The van der Waals surface area contributed by atoms with Crippen LogP contribution >= 0.6 is 0 Å². The monoisotopic (exact) mass is 292 g/mol. The lowest BCUT2D eigenvalue weighted by Crippen LogP contribution is -2.40. The number of carbonyl (C=O) groups excluding carboxylic acids is 1. The number of carbonyl (C=O) groups is 1. The van der Waals surface area contributed by atoms with Crippen LogP contribution in [0.2, 0.25) is 0 Å². The smallest absolute Gasteiger partial charge is 0.287 e. The molecule has 1 amide bonds. The zero-order chi connectivity index (χ0) is 15.0. The van der Waals surface area contributed by atoms with E-state index in [1.54, 1.807) is 4.57 Å². The molecule has 0 aliphatic heterocycles. The molecule has 1 aromatic rings. The third kappa shape index (κ3) is 2.78. The van der Waals surface area contributed by atoms with Crippen molar-refractivity contribution in [3.8, 4) is 0 Å². The molecule has 1 aromatic heterocycles. The topological polar surface area (TPSA) is 103 Å². The Morgan fingerprint density at radius 1 is 1.43 bits per heavy atom. The van der Waals surface area contributed by atoms with Crippen molar-refractivity contribution in [2.45, 2.75) is 44.2 Å². The summed E-state index contributed by atoms with van der Waals surface area (Å²) in [4.78, 5) is 22.9. The molecular formula is C14H20N4O3. The van der Waals surface area contributed by atoms with Crippen LogP contribution in [0.25, 0.3) is 0 Å². The van der Waals surface area contributed by atoms with Crippen molar-refractivity contribution in [3.05, 3.63) is 28.1 Å². The SMILES string of the molecule is NCC1CCCC1NC(=O)c1cc([N+](=O)[O-])cn1C1CC1. The first kappa shape index (κ1) is 14.1. The van der Waals surface area contributed by atoms with E-state index in [1.807, 2.05) is 0 Å². The molecule has 0 aromatic carbocycles. The first-order valence-corrected chi connectivity index (χ1v) is 7.47. The summed E-state index contributed by atoms with van der Waals surface area (Å²) in [6.07, 6.45) is 6.45. The normalized spacial score (nSPS) is 25.0. The molecule has 21 heavy (non-hydrogen) atoms. The Bertz CT molecular complexity index is 565. The van der Waals surface area contributed by atoms with E-state index in [1.165, 1.54) is 12.3 Å². The quantitative estimate of drug-likeness (QED) is 0.635. The largest absolute Gasteiger partial charge is 0.348 e. The van der Waals surface area contributed by atoms with Crippen LogP contribution in [-0.2, 0) is 0 Å². The van der Waals surface area contributed by atoms with Crippen molar-refractivity contribution in [2.24, 2.45) is 11.7 Å². The van der Waals surface area contributed by atoms with Crippen LogP contribution in [0.1, 0.15) is 48.6 Å². The number of rotatable bonds is 5. The third-order valence-electron chi connectivity index (χ3n) is 4.50. The van der Waals surface area contributed by atoms with Crippen LogP contribution in [0.4, 0.5) is 5.69 Å². The van der Waals surface area contributed by atoms with Crippen LogP contribution in [-0.4, -0.2) is 28.0 Å². The predicted molar refractivity (Wildman–Crippen MR) is 77.0 cm³/mol. The molecule has 7 heteroatoms. The average molecular weight is 292 g/mol. The minimum atomic E-state index is -0.450. The zero-order valence-corrected chi connectivity index (χ0v) is 11.8. The molecule has 7 nitrogen and oxygen atoms in total. The molecule has 0 radical (unpaired) electrons. The summed E-state index contributed by atoms with van der Waals surface area (Å²) >= 11 is 0. The summed E-state index contributed by atoms with van der Waals surface area (Å²) < 4.78 is 1.75. The molecular weight excluding hydrogens is 272 g/mol. The molecule has 2 aliphatic carbocycles. The summed E-state index contributed by atoms with van der Waals surface area (Å²) in [6.45, 7) is 0.564. The van der Waals surface area contributed by atoms with Crippen LogP contribution in [0.3, 0.4) is 0 Å². The van der Waals surface area contributed by atoms with Crippen molar-refractivity contribution < 1.29 is 9.72 Å². The van der Waals surface area contributed by atoms with Crippen molar-refractivity contribution in [2.75, 3.05) is 6.54 Å². The highest BCUT2D eigenvalue weighted by Crippen LogP contribution is 2.38. The van der Waals surface area contributed by atoms with Gasteiger partial charge in [0.05, 0.1) is 11.1 Å². The molecule has 2 saturated carbocycles. The van der Waals surface area contributed by atoms with Gasteiger partial charge in [0.2, 0.25) is 0 Å². The lowest BCUT2D eigenvalue weighted by molar-refractivity contribution is -0.384. The third-order valence-corrected chi connectivity index (χ3v) is 4.50. The van der Waals surface area contributed by atoms with Gasteiger partial charge in [0.1, 0.15) is 5.69 Å². The molecule has 2 unspecified atom stereocenters. The second-order valence-electron chi connectivity index (χ2n) is 5.99. The fourth-order valence-corrected chi connectivity index (χ4v) is 3.15. The van der Waals surface area contributed by atoms with Crippen molar-refractivity contribution in [1.29, 1.82) is 0 Å². The van der Waals surface area contributed by atoms with Gasteiger partial charge in [-0.25, -0.2) is 0 Å². The highest BCUT2D eigenvalue weighted by molar-refractivity contribution is 5.94. The molecule has 114 valence electrons. The Morgan fingerprint density at radius 2 is 2.19 bits per heavy atom. The van der Waals surface area contributed by atoms with Gasteiger partial charge in [-0.3, -0.25) is 14.9 Å². The van der Waals surface area contributed by atoms with Gasteiger partial charge >= 0.3 is 0 Å². The van der Waals surface area contributed by atoms with Gasteiger partial charge in [-0.1, -0.05) is 6.42 Å². The summed E-state index contributed by atoms with van der Waals surface area (Å²) in [5.74, 6) is 0.0913. The number of nitrogens with two attached hydrogens (primary N) is 1. The van der Waals surface area contributed by atoms with E-state index in [9.17, 15) is 14.9 Å². The Labute approximate surface area is 122 Å². The Hall–Kier alpha value is -1.89. The van der Waals surface area contributed by atoms with Crippen molar-refractivity contribution >= 4 is 11.6 Å². The number of hydrogen-bond acceptors (Lipinski definition) is 4. The van der Waals surface area contributed by atoms with Gasteiger partial charge in [0.25, 0.3) is 11.6 Å². The van der Waals surface area contributed by atoms with Crippen molar-refractivity contribution in [3.63, 3.8) is 0 Å². The van der Waals surface area contributed by atoms with Gasteiger partial charge in [-0.2, -0.15) is 0 Å². The van der Waals surface area contributed by atoms with E-state index in [0.29, 0.717) is 18.2 Å². The fraction of sp³-hybridized carbons (Fsp3) is 0.643. The molecule has 0 bridgehead atoms. The molecule has 1 heterocycles. The van der Waals surface area contributed by atoms with Gasteiger partial charge in [0, 0.05) is 18.2 Å². The first-order chi connectivity index (χ1) is 10.1. The minimum absolute atomic E-state index is 0.0196. The van der Waals surface area contributed by atoms with Gasteiger partial charge in [-0.15, -0.1) is 0 Å². The van der Waals surface area contributed by atoms with E-state index < -0.39 is 4.92 Å². The summed E-state index contributed by atoms with van der Waals surface area (Å²) in [5.41, 5.74) is 6.10. The van der Waals surface area contributed by atoms with E-state index in [-0.39, 0.29) is 23.7 Å². The summed E-state index contributed by atoms with van der Waals surface area (Å²) in [7, 11) is 0. The maximum absolute atomic E-state index is 12.5. The Kier molecular flexibility index (Phi) is 3.67. The number of amides is 1. The first-order valence-electron chi connectivity index (χ1n) is 7.47. The van der Waals surface area contributed by atoms with Gasteiger partial charge in [-0.05, 0) is 38.1 Å². The van der Waals surface area contributed by atoms with Gasteiger partial charge < -0.3 is 15.6 Å². The second kappa shape index (κ2) is 5.48. The maximum atomic E-state index is 12.5. The Morgan fingerprint density at radius 3 is 2.81 bits per heavy atom. The number of nitrogens with zero attached hydrogens (tertiary/aromatic N) is 2. The highest BCUT2D eigenvalue weighted by Gasteiger charge is 2.33. The van der Waals surface area contributed by atoms with Crippen molar-refractivity contribution in [1.82, 2.24) is 9.88 Å². The maximum Gasteiger partial charge on any atom is 0.287 e. The standard InChI is InChI=1S/C14H20N4O3/c15-7-9-2-1-3-12(9)16-14(19)13-6-11(18(20)21)8-17(13)10-4-5-10/h6,8-10,12H,1-5,7,15H2,(H,16,19). The highest BCUT2D eigenvalue weighted by atomic mass is 16.6.